The predicted molar refractivity (Wildman–Crippen MR) is 84.2 cm³/mol. The Labute approximate surface area is 125 Å². The van der Waals surface area contributed by atoms with E-state index in [2.05, 4.69) is 0 Å². The lowest BCUT2D eigenvalue weighted by Gasteiger charge is -2.04. The van der Waals surface area contributed by atoms with Crippen LogP contribution >= 0.6 is 21.6 Å². The molecular formula is C12H12B2O4S2. The molecule has 0 unspecified atom stereocenters. The summed E-state index contributed by atoms with van der Waals surface area (Å²) in [6, 6.07) is 13.9. The van der Waals surface area contributed by atoms with Crippen LogP contribution < -0.4 is 10.9 Å². The zero-order chi connectivity index (χ0) is 14.5. The zero-order valence-electron chi connectivity index (χ0n) is 10.4. The Kier molecular flexibility index (Phi) is 5.59. The second kappa shape index (κ2) is 7.21. The molecular weight excluding hydrogens is 294 g/mol. The number of rotatable bonds is 5. The van der Waals surface area contributed by atoms with Crippen LogP contribution in [0.1, 0.15) is 0 Å². The molecule has 2 aromatic carbocycles. The summed E-state index contributed by atoms with van der Waals surface area (Å²) in [5.74, 6) is 0. The molecule has 0 aliphatic rings. The van der Waals surface area contributed by atoms with Gasteiger partial charge in [-0.1, -0.05) is 45.9 Å². The van der Waals surface area contributed by atoms with E-state index in [-0.39, 0.29) is 0 Å². The molecule has 2 rings (SSSR count). The molecule has 0 fully saturated rings. The average molecular weight is 306 g/mol. The lowest BCUT2D eigenvalue weighted by Crippen LogP contribution is -2.29. The van der Waals surface area contributed by atoms with Gasteiger partial charge in [0.05, 0.1) is 0 Å². The fourth-order valence-corrected chi connectivity index (χ4v) is 3.42. The standard InChI is InChI=1S/C12H12B2O4S2/c15-13(16)9-1-5-11(6-2-9)19-20-12-7-3-10(4-8-12)14(17)18/h1-8,15-18H. The van der Waals surface area contributed by atoms with Crippen molar-refractivity contribution in [1.29, 1.82) is 0 Å². The van der Waals surface area contributed by atoms with Crippen LogP contribution in [0.15, 0.2) is 58.3 Å². The molecule has 4 N–H and O–H groups in total. The van der Waals surface area contributed by atoms with Crippen LogP contribution in [0, 0.1) is 0 Å². The van der Waals surface area contributed by atoms with Crippen LogP contribution in [-0.2, 0) is 0 Å². The van der Waals surface area contributed by atoms with Crippen molar-refractivity contribution in [1.82, 2.24) is 0 Å². The Morgan fingerprint density at radius 3 is 1.10 bits per heavy atom. The third-order valence-electron chi connectivity index (χ3n) is 2.59. The summed E-state index contributed by atoms with van der Waals surface area (Å²) in [5, 5.41) is 36.0. The SMILES string of the molecule is OB(O)c1ccc(SSc2ccc(B(O)O)cc2)cc1. The van der Waals surface area contributed by atoms with E-state index in [0.29, 0.717) is 10.9 Å². The van der Waals surface area contributed by atoms with Crippen LogP contribution in [-0.4, -0.2) is 34.3 Å². The first kappa shape index (κ1) is 15.5. The molecule has 102 valence electrons. The largest absolute Gasteiger partial charge is 0.488 e. The van der Waals surface area contributed by atoms with E-state index < -0.39 is 14.2 Å². The summed E-state index contributed by atoms with van der Waals surface area (Å²) in [4.78, 5) is 1.98. The molecule has 0 aliphatic heterocycles. The molecule has 0 atom stereocenters. The lowest BCUT2D eigenvalue weighted by molar-refractivity contribution is 0.424. The van der Waals surface area contributed by atoms with Crippen molar-refractivity contribution in [3.63, 3.8) is 0 Å². The van der Waals surface area contributed by atoms with Gasteiger partial charge in [-0.3, -0.25) is 0 Å². The fourth-order valence-electron chi connectivity index (χ4n) is 1.49. The first-order valence-corrected chi connectivity index (χ1v) is 7.98. The Bertz CT molecular complexity index is 495. The third kappa shape index (κ3) is 4.31. The third-order valence-corrected chi connectivity index (χ3v) is 5.01. The number of hydrogen-bond donors (Lipinski definition) is 4. The molecule has 0 heterocycles. The van der Waals surface area contributed by atoms with Crippen LogP contribution in [0.3, 0.4) is 0 Å². The second-order valence-electron chi connectivity index (χ2n) is 4.05. The molecule has 0 aromatic heterocycles. The van der Waals surface area contributed by atoms with Gasteiger partial charge in [0, 0.05) is 9.79 Å². The molecule has 0 amide bonds. The number of hydrogen-bond acceptors (Lipinski definition) is 6. The lowest BCUT2D eigenvalue weighted by atomic mass is 9.81. The monoisotopic (exact) mass is 306 g/mol. The Morgan fingerprint density at radius 2 is 0.850 bits per heavy atom. The van der Waals surface area contributed by atoms with Crippen molar-refractivity contribution in [3.05, 3.63) is 48.5 Å². The van der Waals surface area contributed by atoms with Gasteiger partial charge in [0.25, 0.3) is 0 Å². The van der Waals surface area contributed by atoms with Crippen molar-refractivity contribution in [2.75, 3.05) is 0 Å². The Balaban J connectivity index is 1.94. The van der Waals surface area contributed by atoms with E-state index in [4.69, 9.17) is 20.1 Å². The van der Waals surface area contributed by atoms with Crippen LogP contribution in [0.4, 0.5) is 0 Å². The second-order valence-corrected chi connectivity index (χ2v) is 6.33. The zero-order valence-corrected chi connectivity index (χ0v) is 12.0. The summed E-state index contributed by atoms with van der Waals surface area (Å²) in [7, 11) is 0.183. The maximum Gasteiger partial charge on any atom is 0.488 e. The average Bonchev–Trinajstić information content (AvgIpc) is 2.46. The molecule has 0 spiro atoms. The van der Waals surface area contributed by atoms with E-state index in [9.17, 15) is 0 Å². The van der Waals surface area contributed by atoms with Gasteiger partial charge in [-0.25, -0.2) is 0 Å². The summed E-state index contributed by atoms with van der Waals surface area (Å²) in [6.07, 6.45) is 0. The minimum atomic E-state index is -1.45. The molecule has 0 radical (unpaired) electrons. The molecule has 0 saturated heterocycles. The maximum absolute atomic E-state index is 9.00. The van der Waals surface area contributed by atoms with Gasteiger partial charge in [0.2, 0.25) is 0 Å². The smallest absolute Gasteiger partial charge is 0.423 e. The molecule has 2 aromatic rings. The fraction of sp³-hybridized carbons (Fsp3) is 0. The molecule has 0 aliphatic carbocycles. The molecule has 0 saturated carbocycles. The summed E-state index contributed by atoms with van der Waals surface area (Å²) in [5.41, 5.74) is 0.918. The van der Waals surface area contributed by atoms with Crippen molar-refractivity contribution >= 4 is 46.8 Å². The van der Waals surface area contributed by atoms with Crippen molar-refractivity contribution in [2.24, 2.45) is 0 Å². The Hall–Kier alpha value is -0.890. The molecule has 20 heavy (non-hydrogen) atoms. The Morgan fingerprint density at radius 1 is 0.550 bits per heavy atom. The molecule has 8 heteroatoms. The normalized spacial score (nSPS) is 10.4. The highest BCUT2D eigenvalue weighted by atomic mass is 33.1. The van der Waals surface area contributed by atoms with Gasteiger partial charge in [0.1, 0.15) is 0 Å². The topological polar surface area (TPSA) is 80.9 Å². The van der Waals surface area contributed by atoms with Crippen LogP contribution in [0.2, 0.25) is 0 Å². The van der Waals surface area contributed by atoms with Gasteiger partial charge in [-0.2, -0.15) is 0 Å². The van der Waals surface area contributed by atoms with Gasteiger partial charge in [-0.05, 0) is 35.2 Å². The van der Waals surface area contributed by atoms with Gasteiger partial charge in [0.15, 0.2) is 0 Å². The highest BCUT2D eigenvalue weighted by Gasteiger charge is 2.11. The van der Waals surface area contributed by atoms with E-state index in [1.54, 1.807) is 24.3 Å². The van der Waals surface area contributed by atoms with Crippen LogP contribution in [0.25, 0.3) is 0 Å². The molecule has 4 nitrogen and oxygen atoms in total. The first-order valence-electron chi connectivity index (χ1n) is 5.83. The van der Waals surface area contributed by atoms with Crippen molar-refractivity contribution < 1.29 is 20.1 Å². The van der Waals surface area contributed by atoms with E-state index in [1.807, 2.05) is 24.3 Å². The summed E-state index contributed by atoms with van der Waals surface area (Å²) in [6.45, 7) is 0. The van der Waals surface area contributed by atoms with Crippen LogP contribution in [0.5, 0.6) is 0 Å². The maximum atomic E-state index is 9.00. The van der Waals surface area contributed by atoms with Gasteiger partial charge < -0.3 is 20.1 Å². The first-order chi connectivity index (χ1) is 9.56. The highest BCUT2D eigenvalue weighted by Crippen LogP contribution is 2.36. The quantitative estimate of drug-likeness (QED) is 0.454. The van der Waals surface area contributed by atoms with Gasteiger partial charge >= 0.3 is 14.2 Å². The molecule has 0 bridgehead atoms. The van der Waals surface area contributed by atoms with Gasteiger partial charge in [-0.15, -0.1) is 0 Å². The number of benzene rings is 2. The van der Waals surface area contributed by atoms with E-state index >= 15 is 0 Å². The predicted octanol–water partition coefficient (Wildman–Crippen LogP) is -0.154. The van der Waals surface area contributed by atoms with E-state index in [1.165, 1.54) is 21.6 Å². The minimum Gasteiger partial charge on any atom is -0.423 e. The minimum absolute atomic E-state index is 0.459. The summed E-state index contributed by atoms with van der Waals surface area (Å²) < 4.78 is 0. The van der Waals surface area contributed by atoms with E-state index in [0.717, 1.165) is 9.79 Å². The van der Waals surface area contributed by atoms with Crippen molar-refractivity contribution in [3.8, 4) is 0 Å². The van der Waals surface area contributed by atoms with Crippen molar-refractivity contribution in [2.45, 2.75) is 9.79 Å². The highest BCUT2D eigenvalue weighted by molar-refractivity contribution is 8.76. The summed E-state index contributed by atoms with van der Waals surface area (Å²) >= 11 is 0.